The Labute approximate surface area is 142 Å². The van der Waals surface area contributed by atoms with Crippen LogP contribution >= 0.6 is 0 Å². The smallest absolute Gasteiger partial charge is 0.179 e. The van der Waals surface area contributed by atoms with Crippen molar-refractivity contribution < 1.29 is 29.6 Å². The van der Waals surface area contributed by atoms with Crippen molar-refractivity contribution in [3.05, 3.63) is 42.7 Å². The first-order valence-electron chi connectivity index (χ1n) is 7.93. The molecule has 0 aliphatic carbocycles. The number of imidazole rings is 1. The molecule has 8 heteroatoms. The number of nitrogens with zero attached hydrogens (tertiary/aromatic N) is 2. The van der Waals surface area contributed by atoms with Crippen LogP contribution in [-0.4, -0.2) is 61.0 Å². The number of hydrogen-bond acceptors (Lipinski definition) is 7. The topological polar surface area (TPSA) is 121 Å². The fourth-order valence-corrected chi connectivity index (χ4v) is 3.18. The minimum Gasteiger partial charge on any atom is -0.461 e. The Morgan fingerprint density at radius 1 is 1.00 bits per heavy atom. The molecule has 0 bridgehead atoms. The fourth-order valence-electron chi connectivity index (χ4n) is 3.18. The molecule has 1 aliphatic rings. The maximum atomic E-state index is 10.5. The highest BCUT2D eigenvalue weighted by Gasteiger charge is 2.45. The lowest BCUT2D eigenvalue weighted by Crippen LogP contribution is -2.56. The number of fused-ring (bicyclic) bond motifs is 1. The van der Waals surface area contributed by atoms with Crippen molar-refractivity contribution in [2.45, 2.75) is 30.6 Å². The van der Waals surface area contributed by atoms with Crippen LogP contribution in [-0.2, 0) is 4.74 Å². The highest BCUT2D eigenvalue weighted by atomic mass is 16.6. The molecule has 1 saturated heterocycles. The number of aliphatic hydroxyl groups is 4. The van der Waals surface area contributed by atoms with E-state index in [0.29, 0.717) is 22.6 Å². The summed E-state index contributed by atoms with van der Waals surface area (Å²) in [6.45, 7) is -0.496. The van der Waals surface area contributed by atoms with Crippen molar-refractivity contribution in [1.29, 1.82) is 0 Å². The second-order valence-corrected chi connectivity index (χ2v) is 5.99. The number of para-hydroxylation sites is 2. The Hall–Kier alpha value is -2.23. The molecule has 4 N–H and O–H groups in total. The molecule has 132 valence electrons. The van der Waals surface area contributed by atoms with Gasteiger partial charge < -0.3 is 29.6 Å². The van der Waals surface area contributed by atoms with Crippen LogP contribution in [0.5, 0.6) is 0 Å². The summed E-state index contributed by atoms with van der Waals surface area (Å²) in [5.74, 6) is 0.878. The third-order valence-corrected chi connectivity index (χ3v) is 4.46. The summed E-state index contributed by atoms with van der Waals surface area (Å²) < 4.78 is 12.7. The molecule has 4 rings (SSSR count). The van der Waals surface area contributed by atoms with Crippen molar-refractivity contribution in [3.8, 4) is 11.6 Å². The largest absolute Gasteiger partial charge is 0.461 e. The van der Waals surface area contributed by atoms with E-state index >= 15 is 0 Å². The van der Waals surface area contributed by atoms with E-state index in [9.17, 15) is 20.4 Å². The number of hydrogen-bond donors (Lipinski definition) is 4. The van der Waals surface area contributed by atoms with Crippen molar-refractivity contribution >= 4 is 11.0 Å². The molecule has 1 aliphatic heterocycles. The van der Waals surface area contributed by atoms with Gasteiger partial charge in [0.15, 0.2) is 17.8 Å². The minimum atomic E-state index is -1.47. The molecule has 0 amide bonds. The third kappa shape index (κ3) is 2.55. The van der Waals surface area contributed by atoms with Gasteiger partial charge in [-0.15, -0.1) is 0 Å². The van der Waals surface area contributed by atoms with Crippen LogP contribution in [0.2, 0.25) is 0 Å². The molecule has 1 fully saturated rings. The summed E-state index contributed by atoms with van der Waals surface area (Å²) in [5.41, 5.74) is 1.32. The number of benzene rings is 1. The summed E-state index contributed by atoms with van der Waals surface area (Å²) in [7, 11) is 0. The fraction of sp³-hybridized carbons (Fsp3) is 0.353. The standard InChI is InChI=1S/C17H18N2O6/c20-8-12-13(21)14(22)15(23)17(25-12)19-10-5-2-1-4-9(10)18-16(19)11-6-3-7-24-11/h1-7,12-15,17,20-23H,8H2/t12-,13+,14+,15-,17+/m1/s1. The molecule has 0 radical (unpaired) electrons. The first kappa shape index (κ1) is 16.2. The maximum absolute atomic E-state index is 10.5. The Morgan fingerprint density at radius 2 is 1.80 bits per heavy atom. The number of ether oxygens (including phenoxy) is 1. The molecule has 0 saturated carbocycles. The molecular formula is C17H18N2O6. The predicted molar refractivity (Wildman–Crippen MR) is 86.5 cm³/mol. The first-order chi connectivity index (χ1) is 12.1. The van der Waals surface area contributed by atoms with Gasteiger partial charge in [-0.2, -0.15) is 0 Å². The second-order valence-electron chi connectivity index (χ2n) is 5.99. The Morgan fingerprint density at radius 3 is 2.52 bits per heavy atom. The van der Waals surface area contributed by atoms with Gasteiger partial charge in [0.1, 0.15) is 24.4 Å². The summed E-state index contributed by atoms with van der Waals surface area (Å²) >= 11 is 0. The van der Waals surface area contributed by atoms with Gasteiger partial charge in [0, 0.05) is 0 Å². The quantitative estimate of drug-likeness (QED) is 0.537. The Balaban J connectivity index is 1.89. The minimum absolute atomic E-state index is 0.413. The van der Waals surface area contributed by atoms with E-state index in [4.69, 9.17) is 9.15 Å². The second kappa shape index (κ2) is 6.25. The van der Waals surface area contributed by atoms with Crippen molar-refractivity contribution in [3.63, 3.8) is 0 Å². The summed E-state index contributed by atoms with van der Waals surface area (Å²) in [6.07, 6.45) is -4.85. The number of furan rings is 1. The molecule has 3 aromatic rings. The number of aliphatic hydroxyl groups excluding tert-OH is 4. The SMILES string of the molecule is OC[C@H]1O[C@H](n2c(-c3ccco3)nc3ccccc32)[C@H](O)[C@@H](O)[C@H]1O. The highest BCUT2D eigenvalue weighted by Crippen LogP contribution is 2.35. The molecular weight excluding hydrogens is 328 g/mol. The molecule has 2 aromatic heterocycles. The van der Waals surface area contributed by atoms with E-state index in [1.165, 1.54) is 6.26 Å². The first-order valence-corrected chi connectivity index (χ1v) is 7.93. The van der Waals surface area contributed by atoms with E-state index in [0.717, 1.165) is 0 Å². The zero-order valence-corrected chi connectivity index (χ0v) is 13.1. The van der Waals surface area contributed by atoms with Gasteiger partial charge in [0.2, 0.25) is 0 Å². The Kier molecular flexibility index (Phi) is 4.06. The third-order valence-electron chi connectivity index (χ3n) is 4.46. The zero-order chi connectivity index (χ0) is 17.6. The normalized spacial score (nSPS) is 30.0. The lowest BCUT2D eigenvalue weighted by atomic mass is 9.98. The van der Waals surface area contributed by atoms with E-state index < -0.39 is 37.3 Å². The molecule has 3 heterocycles. The van der Waals surface area contributed by atoms with Crippen LogP contribution in [0.1, 0.15) is 6.23 Å². The van der Waals surface area contributed by atoms with Gasteiger partial charge >= 0.3 is 0 Å². The van der Waals surface area contributed by atoms with Crippen LogP contribution < -0.4 is 0 Å². The van der Waals surface area contributed by atoms with Gasteiger partial charge in [-0.1, -0.05) is 12.1 Å². The monoisotopic (exact) mass is 346 g/mol. The Bertz CT molecular complexity index is 859. The van der Waals surface area contributed by atoms with Crippen molar-refractivity contribution in [2.24, 2.45) is 0 Å². The van der Waals surface area contributed by atoms with E-state index in [1.54, 1.807) is 22.8 Å². The molecule has 5 atom stereocenters. The molecule has 8 nitrogen and oxygen atoms in total. The summed E-state index contributed by atoms with van der Waals surface area (Å²) in [4.78, 5) is 4.53. The van der Waals surface area contributed by atoms with Crippen molar-refractivity contribution in [1.82, 2.24) is 9.55 Å². The molecule has 0 unspecified atom stereocenters. The van der Waals surface area contributed by atoms with Crippen LogP contribution in [0.25, 0.3) is 22.6 Å². The van der Waals surface area contributed by atoms with Gasteiger partial charge in [-0.05, 0) is 24.3 Å². The van der Waals surface area contributed by atoms with E-state index in [1.807, 2.05) is 18.2 Å². The average Bonchev–Trinajstić information content (AvgIpc) is 3.27. The molecule has 0 spiro atoms. The molecule has 25 heavy (non-hydrogen) atoms. The van der Waals surface area contributed by atoms with Crippen molar-refractivity contribution in [2.75, 3.05) is 6.61 Å². The summed E-state index contributed by atoms with van der Waals surface area (Å²) in [5, 5.41) is 40.0. The van der Waals surface area contributed by atoms with Crippen LogP contribution in [0.3, 0.4) is 0 Å². The average molecular weight is 346 g/mol. The maximum Gasteiger partial charge on any atom is 0.179 e. The number of rotatable bonds is 3. The van der Waals surface area contributed by atoms with Crippen LogP contribution in [0, 0.1) is 0 Å². The summed E-state index contributed by atoms with van der Waals surface area (Å²) in [6, 6.07) is 10.7. The van der Waals surface area contributed by atoms with Gasteiger partial charge in [0.25, 0.3) is 0 Å². The van der Waals surface area contributed by atoms with Crippen LogP contribution in [0.4, 0.5) is 0 Å². The highest BCUT2D eigenvalue weighted by molar-refractivity contribution is 5.80. The molecule has 1 aromatic carbocycles. The van der Waals surface area contributed by atoms with E-state index in [-0.39, 0.29) is 0 Å². The predicted octanol–water partition coefficient (Wildman–Crippen LogP) is 0.269. The van der Waals surface area contributed by atoms with E-state index in [2.05, 4.69) is 4.98 Å². The van der Waals surface area contributed by atoms with Gasteiger partial charge in [-0.3, -0.25) is 4.57 Å². The van der Waals surface area contributed by atoms with Crippen LogP contribution in [0.15, 0.2) is 47.1 Å². The number of aromatic nitrogens is 2. The van der Waals surface area contributed by atoms with Gasteiger partial charge in [0.05, 0.1) is 23.9 Å². The van der Waals surface area contributed by atoms with Gasteiger partial charge in [-0.25, -0.2) is 4.98 Å². The lowest BCUT2D eigenvalue weighted by molar-refractivity contribution is -0.250. The lowest BCUT2D eigenvalue weighted by Gasteiger charge is -2.40. The zero-order valence-electron chi connectivity index (χ0n) is 13.1.